The van der Waals surface area contributed by atoms with Crippen LogP contribution in [0.3, 0.4) is 0 Å². The molecule has 10 rings (SSSR count). The number of rotatable bonds is 17. The summed E-state index contributed by atoms with van der Waals surface area (Å²) in [6.07, 6.45) is 17.1. The number of carbonyl (C=O) groups is 4. The number of hydrogen-bond acceptors (Lipinski definition) is 16. The molecule has 2 aromatic carbocycles. The minimum Gasteiger partial charge on any atom is -0.497 e. The van der Waals surface area contributed by atoms with Crippen LogP contribution in [-0.4, -0.2) is 146 Å². The standard InChI is InChI=1S/C37H54N2O7Si.C31H42N2O7/c1-35(2,3)45-34(41)39-23-37(22-30(39)33(40)43-8)19-18-26-27-21-25(42-7)16-17-28(27)38-29(32(26)44-37)15-13-11-12-14-24-20-31(24)46-47(9,10)36(4,5)6;1-30(2,3)40-29(36)33-18-31(17-25(33)28(35)38-5)14-13-21-22-16-20(37-4)11-12-23(22)32-24(27(21)39-31)10-8-6-7-9-19-15-26(19)34/h13,15-17,21,24,30-31H,11-12,14,18-20,22-23H2,1-10H3;11-12,16,19,25-26,34H,6-10,13-15,17-18H2,1-5H3/t24-,30+,31-,37-;19-,25+,26-,31-/m11/s1. The molecule has 1 N–H and O–H groups in total. The average molecular weight is 1220 g/mol. The Bertz CT molecular complexity index is 3220. The number of likely N-dealkylation sites (tertiary alicyclic amines) is 2. The number of aromatic nitrogens is 2. The van der Waals surface area contributed by atoms with Crippen molar-refractivity contribution in [1.82, 2.24) is 19.8 Å². The first-order valence-electron chi connectivity index (χ1n) is 31.5. The van der Waals surface area contributed by atoms with Gasteiger partial charge >= 0.3 is 24.1 Å². The Morgan fingerprint density at radius 1 is 0.678 bits per heavy atom. The van der Waals surface area contributed by atoms with Crippen molar-refractivity contribution in [3.8, 4) is 23.0 Å². The first kappa shape index (κ1) is 65.3. The summed E-state index contributed by atoms with van der Waals surface area (Å²) >= 11 is 0. The fourth-order valence-corrected chi connectivity index (χ4v) is 14.0. The van der Waals surface area contributed by atoms with Crippen LogP contribution in [0.25, 0.3) is 27.9 Å². The number of benzene rings is 2. The zero-order chi connectivity index (χ0) is 63.0. The largest absolute Gasteiger partial charge is 0.497 e. The number of amides is 2. The van der Waals surface area contributed by atoms with E-state index in [1.165, 1.54) is 30.4 Å². The van der Waals surface area contributed by atoms with Crippen LogP contribution in [0.4, 0.5) is 9.59 Å². The third-order valence-electron chi connectivity index (χ3n) is 18.6. The van der Waals surface area contributed by atoms with E-state index in [-0.39, 0.29) is 24.2 Å². The number of allylic oxidation sites excluding steroid dienone is 1. The maximum atomic E-state index is 13.3. The number of methoxy groups -OCH3 is 4. The van der Waals surface area contributed by atoms with E-state index in [0.29, 0.717) is 55.8 Å². The summed E-state index contributed by atoms with van der Waals surface area (Å²) in [5.74, 6) is 3.16. The van der Waals surface area contributed by atoms with E-state index in [1.807, 2.05) is 57.2 Å². The lowest BCUT2D eigenvalue weighted by atomic mass is 9.86. The lowest BCUT2D eigenvalue weighted by Gasteiger charge is -2.37. The second-order valence-corrected chi connectivity index (χ2v) is 33.4. The van der Waals surface area contributed by atoms with Crippen molar-refractivity contribution in [1.29, 1.82) is 0 Å². The van der Waals surface area contributed by atoms with Crippen LogP contribution in [0, 0.1) is 11.8 Å². The number of hydrogen-bond donors (Lipinski definition) is 1. The maximum absolute atomic E-state index is 13.3. The summed E-state index contributed by atoms with van der Waals surface area (Å²) in [5.41, 5.74) is 2.69. The van der Waals surface area contributed by atoms with Gasteiger partial charge in [0.1, 0.15) is 63.2 Å². The van der Waals surface area contributed by atoms with Crippen LogP contribution >= 0.6 is 0 Å². The third-order valence-corrected chi connectivity index (χ3v) is 23.1. The van der Waals surface area contributed by atoms with E-state index in [0.717, 1.165) is 126 Å². The minimum atomic E-state index is -1.74. The van der Waals surface area contributed by atoms with Gasteiger partial charge in [-0.15, -0.1) is 0 Å². The maximum Gasteiger partial charge on any atom is 0.411 e. The normalized spacial score (nSPS) is 24.9. The fourth-order valence-electron chi connectivity index (χ4n) is 12.6. The summed E-state index contributed by atoms with van der Waals surface area (Å²) in [6.45, 7) is 22.9. The van der Waals surface area contributed by atoms with Crippen LogP contribution in [0.15, 0.2) is 42.5 Å². The Kier molecular flexibility index (Phi) is 19.3. The number of aryl methyl sites for hydroxylation is 3. The highest BCUT2D eigenvalue weighted by Gasteiger charge is 2.56. The Balaban J connectivity index is 0.000000210. The summed E-state index contributed by atoms with van der Waals surface area (Å²) < 4.78 is 52.9. The summed E-state index contributed by atoms with van der Waals surface area (Å²) in [4.78, 5) is 65.1. The lowest BCUT2D eigenvalue weighted by molar-refractivity contribution is -0.146. The fraction of sp³-hybridized carbons (Fsp3) is 0.647. The molecule has 4 aliphatic heterocycles. The van der Waals surface area contributed by atoms with Gasteiger partial charge in [-0.25, -0.2) is 29.1 Å². The predicted molar refractivity (Wildman–Crippen MR) is 336 cm³/mol. The molecule has 19 heteroatoms. The SMILES string of the molecule is COC(=O)[C@@H]1C[C@]2(CCc3c(c(C=CCCC[C@@H]4C[C@H]4O[Si](C)(C)C(C)(C)C)nc4ccc(OC)cc34)O2)CN1C(=O)OC(C)(C)C.COC(=O)[C@@H]1C[C@]2(CCc3c(c(CCCCC[C@@H]4C[C@H]4O)nc4ccc(OC)cc34)O2)CN1C(=O)OC(C)(C)C. The van der Waals surface area contributed by atoms with Crippen molar-refractivity contribution >= 4 is 60.3 Å². The summed E-state index contributed by atoms with van der Waals surface area (Å²) in [7, 11) is 4.25. The molecule has 8 atom stereocenters. The topological polar surface area (TPSA) is 204 Å². The molecule has 6 heterocycles. The molecule has 2 saturated heterocycles. The zero-order valence-electron chi connectivity index (χ0n) is 54.4. The number of fused-ring (bicyclic) bond motifs is 6. The zero-order valence-corrected chi connectivity index (χ0v) is 55.4. The highest BCUT2D eigenvalue weighted by Crippen LogP contribution is 2.49. The molecule has 2 saturated carbocycles. The summed E-state index contributed by atoms with van der Waals surface area (Å²) in [5, 5.41) is 11.8. The predicted octanol–water partition coefficient (Wildman–Crippen LogP) is 13.1. The number of carbonyl (C=O) groups excluding carboxylic acids is 4. The first-order chi connectivity index (χ1) is 41.0. The van der Waals surface area contributed by atoms with E-state index in [4.69, 9.17) is 52.3 Å². The van der Waals surface area contributed by atoms with Gasteiger partial charge in [0.25, 0.3) is 0 Å². The smallest absolute Gasteiger partial charge is 0.411 e. The second kappa shape index (κ2) is 25.7. The molecule has 0 unspecified atom stereocenters. The number of ether oxygens (including phenoxy) is 8. The molecule has 0 radical (unpaired) electrons. The van der Waals surface area contributed by atoms with Crippen molar-refractivity contribution < 1.29 is 66.6 Å². The third kappa shape index (κ3) is 15.3. The van der Waals surface area contributed by atoms with Gasteiger partial charge in [0, 0.05) is 40.8 Å². The molecule has 87 heavy (non-hydrogen) atoms. The van der Waals surface area contributed by atoms with Gasteiger partial charge in [-0.3, -0.25) is 9.80 Å². The van der Waals surface area contributed by atoms with Crippen molar-refractivity contribution in [2.24, 2.45) is 11.8 Å². The Morgan fingerprint density at radius 2 is 1.18 bits per heavy atom. The van der Waals surface area contributed by atoms with Gasteiger partial charge in [-0.05, 0) is 191 Å². The van der Waals surface area contributed by atoms with Crippen LogP contribution < -0.4 is 18.9 Å². The number of unbranched alkanes of at least 4 members (excludes halogenated alkanes) is 3. The Morgan fingerprint density at radius 3 is 1.68 bits per heavy atom. The molecule has 2 aromatic heterocycles. The molecule has 2 amide bonds. The van der Waals surface area contributed by atoms with Crippen LogP contribution in [-0.2, 0) is 52.2 Å². The van der Waals surface area contributed by atoms with Gasteiger partial charge < -0.3 is 47.4 Å². The van der Waals surface area contributed by atoms with Crippen molar-refractivity contribution in [2.45, 2.75) is 230 Å². The molecule has 18 nitrogen and oxygen atoms in total. The molecule has 6 aliphatic rings. The van der Waals surface area contributed by atoms with Crippen LogP contribution in [0.1, 0.15) is 168 Å². The van der Waals surface area contributed by atoms with Crippen molar-refractivity contribution in [3.63, 3.8) is 0 Å². The summed E-state index contributed by atoms with van der Waals surface area (Å²) in [6, 6.07) is 10.3. The first-order valence-corrected chi connectivity index (χ1v) is 34.4. The Hall–Kier alpha value is -6.18. The van der Waals surface area contributed by atoms with E-state index < -0.39 is 66.9 Å². The van der Waals surface area contributed by atoms with Gasteiger partial charge in [-0.1, -0.05) is 39.7 Å². The van der Waals surface area contributed by atoms with E-state index in [1.54, 1.807) is 35.0 Å². The molecular weight excluding hydrogens is 1120 g/mol. The Labute approximate surface area is 515 Å². The lowest BCUT2D eigenvalue weighted by Crippen LogP contribution is -2.46. The highest BCUT2D eigenvalue weighted by atomic mass is 28.4. The molecular formula is C68H96N4O14Si. The number of nitrogens with zero attached hydrogens (tertiary/aromatic N) is 4. The minimum absolute atomic E-state index is 0.101. The number of aliphatic hydroxyl groups excluding tert-OH is 1. The van der Waals surface area contributed by atoms with Crippen molar-refractivity contribution in [3.05, 3.63) is 65.0 Å². The van der Waals surface area contributed by atoms with Gasteiger partial charge in [0.05, 0.1) is 64.4 Å². The van der Waals surface area contributed by atoms with Gasteiger partial charge in [0.2, 0.25) is 0 Å². The number of pyridine rings is 2. The highest BCUT2D eigenvalue weighted by molar-refractivity contribution is 6.74. The second-order valence-electron chi connectivity index (χ2n) is 28.6. The number of esters is 2. The molecule has 476 valence electrons. The molecule has 2 spiro atoms. The molecule has 0 bridgehead atoms. The van der Waals surface area contributed by atoms with Gasteiger partial charge in [0.15, 0.2) is 8.32 Å². The monoisotopic (exact) mass is 1220 g/mol. The molecule has 4 fully saturated rings. The van der Waals surface area contributed by atoms with E-state index in [9.17, 15) is 24.3 Å². The molecule has 2 aliphatic carbocycles. The van der Waals surface area contributed by atoms with E-state index in [2.05, 4.69) is 46.0 Å². The van der Waals surface area contributed by atoms with Crippen LogP contribution in [0.5, 0.6) is 23.0 Å². The number of aliphatic hydroxyl groups is 1. The average Bonchev–Trinajstić information content (AvgIpc) is 1.77. The molecule has 4 aromatic rings. The van der Waals surface area contributed by atoms with Crippen LogP contribution in [0.2, 0.25) is 18.1 Å². The quantitative estimate of drug-likeness (QED) is 0.0452. The van der Waals surface area contributed by atoms with Crippen molar-refractivity contribution in [2.75, 3.05) is 41.5 Å². The van der Waals surface area contributed by atoms with E-state index >= 15 is 0 Å². The van der Waals surface area contributed by atoms with Gasteiger partial charge in [-0.2, -0.15) is 0 Å².